The van der Waals surface area contributed by atoms with Crippen LogP contribution >= 0.6 is 0 Å². The lowest BCUT2D eigenvalue weighted by Gasteiger charge is -2.27. The van der Waals surface area contributed by atoms with E-state index >= 15 is 0 Å². The number of hydrogen-bond donors (Lipinski definition) is 2. The van der Waals surface area contributed by atoms with Crippen LogP contribution in [0.3, 0.4) is 0 Å². The largest absolute Gasteiger partial charge is 0.494 e. The molecule has 2 N–H and O–H groups in total. The Balaban J connectivity index is 1.58. The van der Waals surface area contributed by atoms with E-state index in [9.17, 15) is 9.18 Å². The van der Waals surface area contributed by atoms with Crippen LogP contribution in [0.1, 0.15) is 24.8 Å². The van der Waals surface area contributed by atoms with Crippen molar-refractivity contribution in [2.75, 3.05) is 30.4 Å². The average Bonchev–Trinajstić information content (AvgIpc) is 2.68. The third-order valence-corrected chi connectivity index (χ3v) is 4.35. The van der Waals surface area contributed by atoms with Gasteiger partial charge in [-0.1, -0.05) is 0 Å². The van der Waals surface area contributed by atoms with Crippen molar-refractivity contribution in [2.45, 2.75) is 25.8 Å². The topological polar surface area (TPSA) is 66.5 Å². The minimum absolute atomic E-state index is 0.274. The molecule has 0 spiro atoms. The molecule has 2 aromatic rings. The van der Waals surface area contributed by atoms with Crippen LogP contribution in [0.4, 0.5) is 20.7 Å². The summed E-state index contributed by atoms with van der Waals surface area (Å²) < 4.78 is 18.3. The van der Waals surface area contributed by atoms with Crippen LogP contribution in [0, 0.1) is 5.82 Å². The third-order valence-electron chi connectivity index (χ3n) is 4.35. The summed E-state index contributed by atoms with van der Waals surface area (Å²) in [5.74, 6) is 0.802. The Labute approximate surface area is 152 Å². The molecule has 0 bridgehead atoms. The van der Waals surface area contributed by atoms with Gasteiger partial charge < -0.3 is 20.3 Å². The standard InChI is InChI=1S/C19H23FN4O2/c1-26-17-12-15(20)5-6-16(17)23-19(25)22-13-14-7-8-21-18(11-14)24-9-3-2-4-10-24/h5-8,11-12H,2-4,9-10,13H2,1H3,(H2,22,23,25). The number of carbonyl (C=O) groups is 1. The maximum atomic E-state index is 13.2. The molecule has 0 radical (unpaired) electrons. The highest BCUT2D eigenvalue weighted by atomic mass is 19.1. The number of benzene rings is 1. The number of nitrogens with one attached hydrogen (secondary N) is 2. The minimum Gasteiger partial charge on any atom is -0.494 e. The van der Waals surface area contributed by atoms with Crippen LogP contribution in [0.25, 0.3) is 0 Å². The summed E-state index contributed by atoms with van der Waals surface area (Å²) in [5.41, 5.74) is 1.39. The molecule has 0 atom stereocenters. The molecule has 1 fully saturated rings. The Bertz CT molecular complexity index is 763. The fourth-order valence-electron chi connectivity index (χ4n) is 2.98. The number of rotatable bonds is 5. The summed E-state index contributed by atoms with van der Waals surface area (Å²) in [6, 6.07) is 7.46. The molecular weight excluding hydrogens is 335 g/mol. The molecular formula is C19H23FN4O2. The van der Waals surface area contributed by atoms with Crippen molar-refractivity contribution in [2.24, 2.45) is 0 Å². The highest BCUT2D eigenvalue weighted by Crippen LogP contribution is 2.24. The van der Waals surface area contributed by atoms with Gasteiger partial charge in [-0.3, -0.25) is 0 Å². The van der Waals surface area contributed by atoms with Gasteiger partial charge in [0.05, 0.1) is 12.8 Å². The maximum absolute atomic E-state index is 13.2. The number of nitrogens with zero attached hydrogens (tertiary/aromatic N) is 2. The molecule has 138 valence electrons. The molecule has 0 aliphatic carbocycles. The number of anilines is 2. The van der Waals surface area contributed by atoms with Crippen LogP contribution < -0.4 is 20.3 Å². The fraction of sp³-hybridized carbons (Fsp3) is 0.368. The molecule has 0 saturated carbocycles. The van der Waals surface area contributed by atoms with Crippen molar-refractivity contribution >= 4 is 17.5 Å². The lowest BCUT2D eigenvalue weighted by atomic mass is 10.1. The van der Waals surface area contributed by atoms with Crippen LogP contribution in [0.5, 0.6) is 5.75 Å². The van der Waals surface area contributed by atoms with Crippen molar-refractivity contribution in [3.05, 3.63) is 47.9 Å². The Kier molecular flexibility index (Phi) is 5.88. The zero-order chi connectivity index (χ0) is 18.4. The van der Waals surface area contributed by atoms with E-state index in [1.807, 2.05) is 12.1 Å². The van der Waals surface area contributed by atoms with E-state index in [0.29, 0.717) is 12.2 Å². The second kappa shape index (κ2) is 8.51. The van der Waals surface area contributed by atoms with Gasteiger partial charge in [0.25, 0.3) is 0 Å². The number of halogens is 1. The second-order valence-electron chi connectivity index (χ2n) is 6.22. The lowest BCUT2D eigenvalue weighted by molar-refractivity contribution is 0.251. The summed E-state index contributed by atoms with van der Waals surface area (Å²) in [4.78, 5) is 18.8. The molecule has 0 unspecified atom stereocenters. The van der Waals surface area contributed by atoms with E-state index in [-0.39, 0.29) is 11.8 Å². The number of hydrogen-bond acceptors (Lipinski definition) is 4. The van der Waals surface area contributed by atoms with Gasteiger partial charge in [0.2, 0.25) is 0 Å². The number of ether oxygens (including phenoxy) is 1. The van der Waals surface area contributed by atoms with Crippen LogP contribution in [-0.2, 0) is 6.54 Å². The van der Waals surface area contributed by atoms with Crippen molar-refractivity contribution in [1.29, 1.82) is 0 Å². The number of methoxy groups -OCH3 is 1. The van der Waals surface area contributed by atoms with Gasteiger partial charge in [-0.05, 0) is 49.1 Å². The van der Waals surface area contributed by atoms with E-state index in [2.05, 4.69) is 20.5 Å². The normalized spacial score (nSPS) is 14.0. The number of aromatic nitrogens is 1. The predicted octanol–water partition coefficient (Wildman–Crippen LogP) is 3.54. The first-order valence-corrected chi connectivity index (χ1v) is 8.74. The highest BCUT2D eigenvalue weighted by Gasteiger charge is 2.13. The monoisotopic (exact) mass is 358 g/mol. The van der Waals surface area contributed by atoms with E-state index in [0.717, 1.165) is 24.5 Å². The summed E-state index contributed by atoms with van der Waals surface area (Å²) in [6.07, 6.45) is 5.41. The molecule has 2 heterocycles. The number of piperidine rings is 1. The van der Waals surface area contributed by atoms with Crippen LogP contribution in [-0.4, -0.2) is 31.2 Å². The van der Waals surface area contributed by atoms with Gasteiger partial charge in [0, 0.05) is 31.9 Å². The number of urea groups is 1. The summed E-state index contributed by atoms with van der Waals surface area (Å²) >= 11 is 0. The highest BCUT2D eigenvalue weighted by molar-refractivity contribution is 5.90. The van der Waals surface area contributed by atoms with Crippen molar-refractivity contribution in [1.82, 2.24) is 10.3 Å². The predicted molar refractivity (Wildman–Crippen MR) is 99.1 cm³/mol. The maximum Gasteiger partial charge on any atom is 0.319 e. The average molecular weight is 358 g/mol. The lowest BCUT2D eigenvalue weighted by Crippen LogP contribution is -2.31. The molecule has 7 heteroatoms. The quantitative estimate of drug-likeness (QED) is 0.858. The van der Waals surface area contributed by atoms with E-state index in [4.69, 9.17) is 4.74 Å². The van der Waals surface area contributed by atoms with Gasteiger partial charge in [0.15, 0.2) is 0 Å². The first kappa shape index (κ1) is 18.0. The zero-order valence-corrected chi connectivity index (χ0v) is 14.8. The van der Waals surface area contributed by atoms with Gasteiger partial charge in [0.1, 0.15) is 17.4 Å². The molecule has 1 aliphatic rings. The van der Waals surface area contributed by atoms with Crippen molar-refractivity contribution in [3.8, 4) is 5.75 Å². The molecule has 2 amide bonds. The molecule has 3 rings (SSSR count). The molecule has 26 heavy (non-hydrogen) atoms. The first-order chi connectivity index (χ1) is 12.7. The SMILES string of the molecule is COc1cc(F)ccc1NC(=O)NCc1ccnc(N2CCCCC2)c1. The van der Waals surface area contributed by atoms with E-state index in [1.165, 1.54) is 44.6 Å². The molecule has 1 aromatic carbocycles. The Hall–Kier alpha value is -2.83. The van der Waals surface area contributed by atoms with Gasteiger partial charge in [-0.15, -0.1) is 0 Å². The Morgan fingerprint density at radius 2 is 2.04 bits per heavy atom. The molecule has 1 saturated heterocycles. The fourth-order valence-corrected chi connectivity index (χ4v) is 2.98. The zero-order valence-electron chi connectivity index (χ0n) is 14.8. The Morgan fingerprint density at radius 1 is 1.23 bits per heavy atom. The minimum atomic E-state index is -0.421. The summed E-state index contributed by atoms with van der Waals surface area (Å²) in [7, 11) is 1.43. The van der Waals surface area contributed by atoms with E-state index in [1.54, 1.807) is 6.20 Å². The Morgan fingerprint density at radius 3 is 2.81 bits per heavy atom. The van der Waals surface area contributed by atoms with Gasteiger partial charge in [-0.25, -0.2) is 14.2 Å². The molecule has 1 aliphatic heterocycles. The van der Waals surface area contributed by atoms with Crippen LogP contribution in [0.15, 0.2) is 36.5 Å². The third kappa shape index (κ3) is 4.62. The second-order valence-corrected chi connectivity index (χ2v) is 6.22. The molecule has 6 nitrogen and oxygen atoms in total. The van der Waals surface area contributed by atoms with Gasteiger partial charge in [-0.2, -0.15) is 0 Å². The van der Waals surface area contributed by atoms with Crippen LogP contribution in [0.2, 0.25) is 0 Å². The number of carbonyl (C=O) groups excluding carboxylic acids is 1. The van der Waals surface area contributed by atoms with Gasteiger partial charge >= 0.3 is 6.03 Å². The van der Waals surface area contributed by atoms with Crippen molar-refractivity contribution in [3.63, 3.8) is 0 Å². The number of amides is 2. The molecule has 1 aromatic heterocycles. The summed E-state index contributed by atoms with van der Waals surface area (Å²) in [6.45, 7) is 2.42. The summed E-state index contributed by atoms with van der Waals surface area (Å²) in [5, 5.41) is 5.47. The van der Waals surface area contributed by atoms with Crippen molar-refractivity contribution < 1.29 is 13.9 Å². The van der Waals surface area contributed by atoms with E-state index < -0.39 is 5.82 Å². The smallest absolute Gasteiger partial charge is 0.319 e. The number of pyridine rings is 1. The first-order valence-electron chi connectivity index (χ1n) is 8.74.